The molecule has 1 rings (SSSR count). The molecule has 1 atom stereocenters. The summed E-state index contributed by atoms with van der Waals surface area (Å²) >= 11 is 0. The number of hydrogen-bond donors (Lipinski definition) is 0. The highest BCUT2D eigenvalue weighted by atomic mass is 16.2. The fourth-order valence-electron chi connectivity index (χ4n) is 1.05. The van der Waals surface area contributed by atoms with E-state index < -0.39 is 0 Å². The van der Waals surface area contributed by atoms with Crippen molar-refractivity contribution in [2.75, 3.05) is 7.05 Å². The van der Waals surface area contributed by atoms with E-state index in [1.165, 1.54) is 0 Å². The van der Waals surface area contributed by atoms with E-state index in [0.29, 0.717) is 0 Å². The summed E-state index contributed by atoms with van der Waals surface area (Å²) in [6.07, 6.45) is 5.74. The largest absolute Gasteiger partial charge is 0.336 e. The second-order valence-electron chi connectivity index (χ2n) is 2.76. The molecule has 60 valence electrons. The van der Waals surface area contributed by atoms with Gasteiger partial charge in [0.1, 0.15) is 0 Å². The Morgan fingerprint density at radius 3 is 2.82 bits per heavy atom. The van der Waals surface area contributed by atoms with Gasteiger partial charge in [0.15, 0.2) is 0 Å². The molecule has 0 spiro atoms. The number of amides is 1. The molecule has 1 heterocycles. The Labute approximate surface area is 67.2 Å². The van der Waals surface area contributed by atoms with Crippen LogP contribution in [0, 0.1) is 0 Å². The number of carbonyl (C=O) groups is 1. The van der Waals surface area contributed by atoms with E-state index in [2.05, 4.69) is 0 Å². The highest BCUT2D eigenvalue weighted by Crippen LogP contribution is 2.12. The van der Waals surface area contributed by atoms with Crippen molar-refractivity contribution >= 4 is 5.91 Å². The standard InChI is InChI=1S/C9H13NO/c1-4-8-6-5-7(2)10(3)9(8)11/h4-7H,1-3H3/b8-4+. The van der Waals surface area contributed by atoms with Gasteiger partial charge >= 0.3 is 0 Å². The molecule has 0 saturated carbocycles. The lowest BCUT2D eigenvalue weighted by Crippen LogP contribution is -2.37. The number of allylic oxidation sites excluding steroid dienone is 1. The Morgan fingerprint density at radius 2 is 2.27 bits per heavy atom. The van der Waals surface area contributed by atoms with Crippen LogP contribution in [0.1, 0.15) is 13.8 Å². The quantitative estimate of drug-likeness (QED) is 0.478. The van der Waals surface area contributed by atoms with Crippen LogP contribution in [0.15, 0.2) is 23.8 Å². The van der Waals surface area contributed by atoms with Gasteiger partial charge in [-0.2, -0.15) is 0 Å². The van der Waals surface area contributed by atoms with Crippen LogP contribution in [0.5, 0.6) is 0 Å². The second-order valence-corrected chi connectivity index (χ2v) is 2.76. The third kappa shape index (κ3) is 1.34. The van der Waals surface area contributed by atoms with Crippen LogP contribution in [0.3, 0.4) is 0 Å². The molecular formula is C9H13NO. The average molecular weight is 151 g/mol. The minimum Gasteiger partial charge on any atom is -0.336 e. The van der Waals surface area contributed by atoms with Gasteiger partial charge in [-0.15, -0.1) is 0 Å². The van der Waals surface area contributed by atoms with E-state index in [0.717, 1.165) is 5.57 Å². The molecule has 1 aliphatic heterocycles. The molecule has 11 heavy (non-hydrogen) atoms. The van der Waals surface area contributed by atoms with Gasteiger partial charge in [0.05, 0.1) is 0 Å². The average Bonchev–Trinajstić information content (AvgIpc) is 2.01. The highest BCUT2D eigenvalue weighted by molar-refractivity contribution is 5.97. The summed E-state index contributed by atoms with van der Waals surface area (Å²) in [4.78, 5) is 13.1. The third-order valence-electron chi connectivity index (χ3n) is 2.04. The maximum Gasteiger partial charge on any atom is 0.253 e. The maximum absolute atomic E-state index is 11.4. The molecule has 0 N–H and O–H groups in total. The van der Waals surface area contributed by atoms with E-state index in [1.54, 1.807) is 4.90 Å². The lowest BCUT2D eigenvalue weighted by Gasteiger charge is -2.26. The molecule has 0 aromatic heterocycles. The molecule has 0 radical (unpaired) electrons. The van der Waals surface area contributed by atoms with Gasteiger partial charge in [0.2, 0.25) is 0 Å². The van der Waals surface area contributed by atoms with Crippen molar-refractivity contribution in [3.63, 3.8) is 0 Å². The predicted molar refractivity (Wildman–Crippen MR) is 45.1 cm³/mol. The number of nitrogens with zero attached hydrogens (tertiary/aromatic N) is 1. The Hall–Kier alpha value is -1.05. The Morgan fingerprint density at radius 1 is 1.64 bits per heavy atom. The molecule has 0 saturated heterocycles. The number of carbonyl (C=O) groups excluding carboxylic acids is 1. The van der Waals surface area contributed by atoms with Gasteiger partial charge in [-0.25, -0.2) is 0 Å². The lowest BCUT2D eigenvalue weighted by atomic mass is 10.1. The van der Waals surface area contributed by atoms with Crippen molar-refractivity contribution in [2.45, 2.75) is 19.9 Å². The van der Waals surface area contributed by atoms with Gasteiger partial charge in [-0.1, -0.05) is 18.2 Å². The highest BCUT2D eigenvalue weighted by Gasteiger charge is 2.19. The fourth-order valence-corrected chi connectivity index (χ4v) is 1.05. The topological polar surface area (TPSA) is 20.3 Å². The minimum atomic E-state index is 0.113. The first-order valence-electron chi connectivity index (χ1n) is 3.78. The molecule has 2 nitrogen and oxygen atoms in total. The first kappa shape index (κ1) is 8.05. The van der Waals surface area contributed by atoms with E-state index in [-0.39, 0.29) is 11.9 Å². The molecule has 1 aliphatic rings. The van der Waals surface area contributed by atoms with Crippen molar-refractivity contribution in [1.82, 2.24) is 4.90 Å². The summed E-state index contributed by atoms with van der Waals surface area (Å²) in [5, 5.41) is 0. The lowest BCUT2D eigenvalue weighted by molar-refractivity contribution is -0.126. The van der Waals surface area contributed by atoms with Crippen molar-refractivity contribution < 1.29 is 4.79 Å². The Bertz CT molecular complexity index is 228. The van der Waals surface area contributed by atoms with Crippen molar-refractivity contribution in [3.8, 4) is 0 Å². The molecular weight excluding hydrogens is 138 g/mol. The fraction of sp³-hybridized carbons (Fsp3) is 0.444. The summed E-state index contributed by atoms with van der Waals surface area (Å²) in [5.41, 5.74) is 0.783. The number of hydrogen-bond acceptors (Lipinski definition) is 1. The van der Waals surface area contributed by atoms with E-state index in [4.69, 9.17) is 0 Å². The zero-order valence-electron chi connectivity index (χ0n) is 7.16. The number of likely N-dealkylation sites (N-methyl/N-ethyl adjacent to an activating group) is 1. The SMILES string of the molecule is C/C=C1\C=CC(C)N(C)C1=O. The predicted octanol–water partition coefficient (Wildman–Crippen LogP) is 1.35. The van der Waals surface area contributed by atoms with E-state index in [1.807, 2.05) is 39.1 Å². The number of rotatable bonds is 0. The molecule has 0 bridgehead atoms. The van der Waals surface area contributed by atoms with Crippen molar-refractivity contribution in [2.24, 2.45) is 0 Å². The smallest absolute Gasteiger partial charge is 0.253 e. The normalized spacial score (nSPS) is 28.3. The molecule has 1 amide bonds. The van der Waals surface area contributed by atoms with Gasteiger partial charge < -0.3 is 4.90 Å². The van der Waals surface area contributed by atoms with Crippen LogP contribution in [0.2, 0.25) is 0 Å². The Balaban J connectivity index is 2.94. The van der Waals surface area contributed by atoms with Crippen LogP contribution in [0.4, 0.5) is 0 Å². The Kier molecular flexibility index (Phi) is 2.13. The molecule has 2 heteroatoms. The first-order valence-corrected chi connectivity index (χ1v) is 3.78. The molecule has 1 unspecified atom stereocenters. The van der Waals surface area contributed by atoms with Crippen LogP contribution < -0.4 is 0 Å². The van der Waals surface area contributed by atoms with Crippen LogP contribution in [-0.4, -0.2) is 23.9 Å². The molecule has 0 aliphatic carbocycles. The van der Waals surface area contributed by atoms with Gasteiger partial charge in [-0.05, 0) is 13.8 Å². The summed E-state index contributed by atoms with van der Waals surface area (Å²) in [5.74, 6) is 0.113. The summed E-state index contributed by atoms with van der Waals surface area (Å²) in [6, 6.07) is 0.228. The summed E-state index contributed by atoms with van der Waals surface area (Å²) in [7, 11) is 1.82. The van der Waals surface area contributed by atoms with E-state index in [9.17, 15) is 4.79 Å². The van der Waals surface area contributed by atoms with Crippen molar-refractivity contribution in [1.29, 1.82) is 0 Å². The monoisotopic (exact) mass is 151 g/mol. The van der Waals surface area contributed by atoms with Gasteiger partial charge in [-0.3, -0.25) is 4.79 Å². The van der Waals surface area contributed by atoms with Crippen LogP contribution >= 0.6 is 0 Å². The van der Waals surface area contributed by atoms with Crippen LogP contribution in [0.25, 0.3) is 0 Å². The third-order valence-corrected chi connectivity index (χ3v) is 2.04. The zero-order valence-corrected chi connectivity index (χ0v) is 7.16. The molecule has 0 aromatic carbocycles. The van der Waals surface area contributed by atoms with Crippen molar-refractivity contribution in [3.05, 3.63) is 23.8 Å². The summed E-state index contributed by atoms with van der Waals surface area (Å²) < 4.78 is 0. The van der Waals surface area contributed by atoms with E-state index >= 15 is 0 Å². The van der Waals surface area contributed by atoms with Gasteiger partial charge in [0.25, 0.3) is 5.91 Å². The van der Waals surface area contributed by atoms with Gasteiger partial charge in [0, 0.05) is 18.7 Å². The first-order chi connectivity index (χ1) is 5.16. The maximum atomic E-state index is 11.4. The molecule has 0 fully saturated rings. The second kappa shape index (κ2) is 2.91. The summed E-state index contributed by atoms with van der Waals surface area (Å²) in [6.45, 7) is 3.88. The van der Waals surface area contributed by atoms with Crippen LogP contribution in [-0.2, 0) is 4.79 Å². The minimum absolute atomic E-state index is 0.113. The zero-order chi connectivity index (χ0) is 8.43. The molecule has 0 aromatic rings.